The van der Waals surface area contributed by atoms with Crippen molar-refractivity contribution in [2.45, 2.75) is 46.1 Å². The Labute approximate surface area is 122 Å². The van der Waals surface area contributed by atoms with Crippen LogP contribution in [0.25, 0.3) is 0 Å². The summed E-state index contributed by atoms with van der Waals surface area (Å²) in [5.41, 5.74) is 1.80. The van der Waals surface area contributed by atoms with Crippen LogP contribution in [0.4, 0.5) is 10.1 Å². The van der Waals surface area contributed by atoms with E-state index in [9.17, 15) is 4.39 Å². The van der Waals surface area contributed by atoms with E-state index in [1.54, 1.807) is 6.07 Å². The predicted octanol–water partition coefficient (Wildman–Crippen LogP) is 4.12. The van der Waals surface area contributed by atoms with Crippen molar-refractivity contribution in [1.29, 1.82) is 0 Å². The van der Waals surface area contributed by atoms with Gasteiger partial charge < -0.3 is 10.2 Å². The zero-order chi connectivity index (χ0) is 14.5. The van der Waals surface area contributed by atoms with Crippen LogP contribution in [0.2, 0.25) is 0 Å². The summed E-state index contributed by atoms with van der Waals surface area (Å²) in [5, 5.41) is 3.40. The van der Waals surface area contributed by atoms with Crippen LogP contribution in [-0.4, -0.2) is 19.6 Å². The van der Waals surface area contributed by atoms with Crippen LogP contribution in [0.1, 0.15) is 51.6 Å². The van der Waals surface area contributed by atoms with E-state index in [2.05, 4.69) is 37.1 Å². The minimum Gasteiger partial charge on any atom is -0.369 e. The summed E-state index contributed by atoms with van der Waals surface area (Å²) in [4.78, 5) is 2.18. The van der Waals surface area contributed by atoms with E-state index in [0.29, 0.717) is 0 Å². The van der Waals surface area contributed by atoms with Gasteiger partial charge in [0.05, 0.1) is 5.69 Å². The van der Waals surface area contributed by atoms with Gasteiger partial charge in [-0.2, -0.15) is 0 Å². The molecule has 1 aliphatic heterocycles. The standard InChI is InChI=1S/C17H27FN2/c1-4-9-19-14(3)15-5-6-17(16(18)12-15)20-10-7-13(2)8-11-20/h5-6,12-14,19H,4,7-11H2,1-3H3. The summed E-state index contributed by atoms with van der Waals surface area (Å²) in [7, 11) is 0. The molecule has 0 radical (unpaired) electrons. The van der Waals surface area contributed by atoms with Crippen molar-refractivity contribution in [2.75, 3.05) is 24.5 Å². The lowest BCUT2D eigenvalue weighted by Gasteiger charge is -2.32. The van der Waals surface area contributed by atoms with E-state index in [-0.39, 0.29) is 11.9 Å². The molecule has 1 aromatic carbocycles. The summed E-state index contributed by atoms with van der Waals surface area (Å²) in [6.07, 6.45) is 3.42. The third kappa shape index (κ3) is 3.72. The molecule has 0 bridgehead atoms. The first-order valence-electron chi connectivity index (χ1n) is 7.89. The van der Waals surface area contributed by atoms with Gasteiger partial charge in [0, 0.05) is 19.1 Å². The Morgan fingerprint density at radius 2 is 2.05 bits per heavy atom. The quantitative estimate of drug-likeness (QED) is 0.871. The molecule has 1 aliphatic rings. The van der Waals surface area contributed by atoms with Gasteiger partial charge in [0.15, 0.2) is 0 Å². The number of nitrogens with zero attached hydrogens (tertiary/aromatic N) is 1. The van der Waals surface area contributed by atoms with Gasteiger partial charge in [-0.1, -0.05) is 19.9 Å². The molecular formula is C17H27FN2. The Balaban J connectivity index is 2.05. The normalized spacial score (nSPS) is 18.3. The summed E-state index contributed by atoms with van der Waals surface area (Å²) < 4.78 is 14.3. The minimum absolute atomic E-state index is 0.0813. The van der Waals surface area contributed by atoms with Crippen molar-refractivity contribution in [3.63, 3.8) is 0 Å². The van der Waals surface area contributed by atoms with Gasteiger partial charge in [-0.3, -0.25) is 0 Å². The highest BCUT2D eigenvalue weighted by molar-refractivity contribution is 5.50. The second kappa shape index (κ2) is 7.07. The van der Waals surface area contributed by atoms with Crippen LogP contribution in [0.3, 0.4) is 0 Å². The van der Waals surface area contributed by atoms with Crippen molar-refractivity contribution in [1.82, 2.24) is 5.32 Å². The number of rotatable bonds is 5. The monoisotopic (exact) mass is 278 g/mol. The average Bonchev–Trinajstić information content (AvgIpc) is 2.46. The lowest BCUT2D eigenvalue weighted by atomic mass is 9.98. The van der Waals surface area contributed by atoms with E-state index in [4.69, 9.17) is 0 Å². The van der Waals surface area contributed by atoms with Crippen molar-refractivity contribution >= 4 is 5.69 Å². The van der Waals surface area contributed by atoms with Gasteiger partial charge in [-0.15, -0.1) is 0 Å². The first-order chi connectivity index (χ1) is 9.61. The number of anilines is 1. The molecule has 112 valence electrons. The molecule has 1 unspecified atom stereocenters. The summed E-state index contributed by atoms with van der Waals surface area (Å²) in [5.74, 6) is 0.689. The number of piperidine rings is 1. The van der Waals surface area contributed by atoms with E-state index in [1.165, 1.54) is 0 Å². The van der Waals surface area contributed by atoms with Gasteiger partial charge >= 0.3 is 0 Å². The van der Waals surface area contributed by atoms with Crippen LogP contribution >= 0.6 is 0 Å². The predicted molar refractivity (Wildman–Crippen MR) is 83.7 cm³/mol. The Morgan fingerprint density at radius 3 is 2.65 bits per heavy atom. The Kier molecular flexibility index (Phi) is 5.41. The van der Waals surface area contributed by atoms with Crippen molar-refractivity contribution in [3.8, 4) is 0 Å². The van der Waals surface area contributed by atoms with Gasteiger partial charge in [0.1, 0.15) is 5.82 Å². The van der Waals surface area contributed by atoms with E-state index < -0.39 is 0 Å². The largest absolute Gasteiger partial charge is 0.369 e. The minimum atomic E-state index is -0.0813. The van der Waals surface area contributed by atoms with Crippen LogP contribution < -0.4 is 10.2 Å². The lowest BCUT2D eigenvalue weighted by Crippen LogP contribution is -2.33. The molecule has 0 saturated carbocycles. The SMILES string of the molecule is CCCNC(C)c1ccc(N2CCC(C)CC2)c(F)c1. The second-order valence-electron chi connectivity index (χ2n) is 6.06. The molecule has 1 aromatic rings. The van der Waals surface area contributed by atoms with Gasteiger partial charge in [0.2, 0.25) is 0 Å². The van der Waals surface area contributed by atoms with Gasteiger partial charge in [0.25, 0.3) is 0 Å². The van der Waals surface area contributed by atoms with Crippen LogP contribution in [0, 0.1) is 11.7 Å². The number of halogens is 1. The van der Waals surface area contributed by atoms with Crippen molar-refractivity contribution in [3.05, 3.63) is 29.6 Å². The molecule has 1 heterocycles. The zero-order valence-corrected chi connectivity index (χ0v) is 13.0. The highest BCUT2D eigenvalue weighted by atomic mass is 19.1. The fourth-order valence-electron chi connectivity index (χ4n) is 2.78. The topological polar surface area (TPSA) is 15.3 Å². The number of hydrogen-bond donors (Lipinski definition) is 1. The third-order valence-corrected chi connectivity index (χ3v) is 4.30. The molecule has 0 aliphatic carbocycles. The molecule has 1 N–H and O–H groups in total. The third-order valence-electron chi connectivity index (χ3n) is 4.30. The maximum atomic E-state index is 14.3. The summed E-state index contributed by atoms with van der Waals surface area (Å²) in [6.45, 7) is 9.42. The van der Waals surface area contributed by atoms with E-state index in [0.717, 1.165) is 56.1 Å². The fraction of sp³-hybridized carbons (Fsp3) is 0.647. The number of benzene rings is 1. The maximum absolute atomic E-state index is 14.3. The summed E-state index contributed by atoms with van der Waals surface area (Å²) in [6, 6.07) is 5.91. The maximum Gasteiger partial charge on any atom is 0.146 e. The molecule has 20 heavy (non-hydrogen) atoms. The lowest BCUT2D eigenvalue weighted by molar-refractivity contribution is 0.434. The first-order valence-corrected chi connectivity index (χ1v) is 7.89. The van der Waals surface area contributed by atoms with E-state index in [1.807, 2.05) is 6.07 Å². The van der Waals surface area contributed by atoms with Crippen LogP contribution in [0.5, 0.6) is 0 Å². The second-order valence-corrected chi connectivity index (χ2v) is 6.06. The van der Waals surface area contributed by atoms with Crippen molar-refractivity contribution in [2.24, 2.45) is 5.92 Å². The number of hydrogen-bond acceptors (Lipinski definition) is 2. The fourth-order valence-corrected chi connectivity index (χ4v) is 2.78. The van der Waals surface area contributed by atoms with E-state index >= 15 is 0 Å². The molecule has 2 rings (SSSR count). The van der Waals surface area contributed by atoms with Gasteiger partial charge in [-0.05, 0) is 56.3 Å². The van der Waals surface area contributed by atoms with Crippen molar-refractivity contribution < 1.29 is 4.39 Å². The highest BCUT2D eigenvalue weighted by Crippen LogP contribution is 2.27. The molecule has 2 nitrogen and oxygen atoms in total. The average molecular weight is 278 g/mol. The Morgan fingerprint density at radius 1 is 1.35 bits per heavy atom. The summed E-state index contributed by atoms with van der Waals surface area (Å²) >= 11 is 0. The Bertz CT molecular complexity index is 425. The molecule has 0 aromatic heterocycles. The first kappa shape index (κ1) is 15.3. The zero-order valence-electron chi connectivity index (χ0n) is 13.0. The number of nitrogens with one attached hydrogen (secondary N) is 1. The molecule has 3 heteroatoms. The van der Waals surface area contributed by atoms with Crippen LogP contribution in [-0.2, 0) is 0 Å². The molecule has 0 amide bonds. The molecule has 1 fully saturated rings. The Hall–Kier alpha value is -1.09. The molecule has 1 saturated heterocycles. The molecule has 0 spiro atoms. The van der Waals surface area contributed by atoms with Crippen LogP contribution in [0.15, 0.2) is 18.2 Å². The highest BCUT2D eigenvalue weighted by Gasteiger charge is 2.19. The molecule has 1 atom stereocenters. The molecular weight excluding hydrogens is 251 g/mol. The smallest absolute Gasteiger partial charge is 0.146 e. The van der Waals surface area contributed by atoms with Gasteiger partial charge in [-0.25, -0.2) is 4.39 Å².